The van der Waals surface area contributed by atoms with Gasteiger partial charge in [0.25, 0.3) is 0 Å². The van der Waals surface area contributed by atoms with Gasteiger partial charge in [0.2, 0.25) is 5.75 Å². The van der Waals surface area contributed by atoms with E-state index in [1.165, 1.54) is 0 Å². The number of nitrogens with zero attached hydrogens (tertiary/aromatic N) is 2. The number of aromatic nitrogens is 2. The maximum absolute atomic E-state index is 5.42. The van der Waals surface area contributed by atoms with Crippen molar-refractivity contribution in [2.75, 3.05) is 28.4 Å². The Morgan fingerprint density at radius 2 is 1.62 bits per heavy atom. The van der Waals surface area contributed by atoms with E-state index in [4.69, 9.17) is 23.5 Å². The first-order chi connectivity index (χ1) is 12.6. The fourth-order valence-electron chi connectivity index (χ4n) is 2.66. The van der Waals surface area contributed by atoms with Gasteiger partial charge in [0.05, 0.1) is 45.6 Å². The molecule has 0 atom stereocenters. The molecule has 0 bridgehead atoms. The van der Waals surface area contributed by atoms with Crippen LogP contribution in [0.15, 0.2) is 41.2 Å². The third-order valence-electron chi connectivity index (χ3n) is 3.92. The molecule has 0 saturated carbocycles. The fraction of sp³-hybridized carbons (Fsp3) is 0.222. The van der Waals surface area contributed by atoms with Gasteiger partial charge in [0, 0.05) is 5.56 Å². The number of hydrogen-bond acceptors (Lipinski definition) is 7. The van der Waals surface area contributed by atoms with Crippen molar-refractivity contribution >= 4 is 12.8 Å². The number of hydrogen-bond donors (Lipinski definition) is 1. The zero-order valence-corrected chi connectivity index (χ0v) is 15.7. The summed E-state index contributed by atoms with van der Waals surface area (Å²) in [7, 11) is 6.28. The van der Waals surface area contributed by atoms with Gasteiger partial charge in [-0.2, -0.15) is 0 Å². The van der Waals surface area contributed by atoms with Crippen molar-refractivity contribution in [1.82, 2.24) is 5.16 Å². The van der Waals surface area contributed by atoms with Crippen LogP contribution < -0.4 is 22.9 Å². The monoisotopic (exact) mass is 375 g/mol. The number of rotatable bonds is 6. The van der Waals surface area contributed by atoms with Crippen LogP contribution >= 0.6 is 12.8 Å². The molecule has 0 spiro atoms. The predicted octanol–water partition coefficient (Wildman–Crippen LogP) is 3.02. The van der Waals surface area contributed by atoms with Gasteiger partial charge in [-0.3, -0.25) is 0 Å². The van der Waals surface area contributed by atoms with E-state index in [0.29, 0.717) is 28.8 Å². The van der Waals surface area contributed by atoms with Gasteiger partial charge in [-0.25, -0.2) is 0 Å². The Labute approximate surface area is 156 Å². The number of thiol groups is 1. The third kappa shape index (κ3) is 3.15. The Morgan fingerprint density at radius 3 is 2.15 bits per heavy atom. The van der Waals surface area contributed by atoms with Gasteiger partial charge < -0.3 is 23.5 Å². The summed E-state index contributed by atoms with van der Waals surface area (Å²) in [6.07, 6.45) is 3.39. The average Bonchev–Trinajstić information content (AvgIpc) is 3.16. The van der Waals surface area contributed by atoms with E-state index < -0.39 is 0 Å². The van der Waals surface area contributed by atoms with Gasteiger partial charge in [0.15, 0.2) is 30.5 Å². The number of pyridine rings is 1. The molecule has 3 rings (SSSR count). The molecule has 0 aliphatic rings. The first kappa shape index (κ1) is 17.9. The van der Waals surface area contributed by atoms with Crippen LogP contribution in [0.25, 0.3) is 22.4 Å². The molecular weight excluding hydrogens is 356 g/mol. The average molecular weight is 375 g/mol. The summed E-state index contributed by atoms with van der Waals surface area (Å²) in [4.78, 5) is 0. The summed E-state index contributed by atoms with van der Waals surface area (Å²) in [5.41, 5.74) is 3.07. The van der Waals surface area contributed by atoms with E-state index in [-0.39, 0.29) is 0 Å². The number of ether oxygens (including phenoxy) is 4. The predicted molar refractivity (Wildman–Crippen MR) is 98.2 cm³/mol. The largest absolute Gasteiger partial charge is 0.493 e. The summed E-state index contributed by atoms with van der Waals surface area (Å²) in [6.45, 7) is 0. The van der Waals surface area contributed by atoms with E-state index in [1.54, 1.807) is 38.7 Å². The smallest absolute Gasteiger partial charge is 0.380 e. The Morgan fingerprint density at radius 1 is 0.923 bits per heavy atom. The molecule has 0 fully saturated rings. The van der Waals surface area contributed by atoms with Crippen molar-refractivity contribution < 1.29 is 27.4 Å². The van der Waals surface area contributed by atoms with Crippen molar-refractivity contribution in [2.24, 2.45) is 0 Å². The van der Waals surface area contributed by atoms with Gasteiger partial charge in [-0.1, -0.05) is 9.13 Å². The van der Waals surface area contributed by atoms with Crippen LogP contribution in [0.1, 0.15) is 0 Å². The first-order valence-corrected chi connectivity index (χ1v) is 8.07. The highest BCUT2D eigenvalue weighted by molar-refractivity contribution is 7.73. The lowest BCUT2D eigenvalue weighted by molar-refractivity contribution is -0.499. The molecule has 2 aromatic heterocycles. The van der Waals surface area contributed by atoms with Crippen LogP contribution in [0.5, 0.6) is 23.1 Å². The topological polar surface area (TPSA) is 66.8 Å². The van der Waals surface area contributed by atoms with Gasteiger partial charge >= 0.3 is 5.88 Å². The quantitative estimate of drug-likeness (QED) is 0.528. The number of methoxy groups -OCH3 is 4. The molecule has 136 valence electrons. The summed E-state index contributed by atoms with van der Waals surface area (Å²) in [6, 6.07) is 7.36. The lowest BCUT2D eigenvalue weighted by atomic mass is 10.0. The van der Waals surface area contributed by atoms with Crippen molar-refractivity contribution in [3.63, 3.8) is 0 Å². The van der Waals surface area contributed by atoms with E-state index in [1.807, 2.05) is 30.5 Å². The molecule has 0 N–H and O–H groups in total. The van der Waals surface area contributed by atoms with Crippen LogP contribution in [-0.2, 0) is 0 Å². The van der Waals surface area contributed by atoms with Crippen molar-refractivity contribution in [3.05, 3.63) is 36.7 Å². The zero-order chi connectivity index (χ0) is 18.7. The highest BCUT2D eigenvalue weighted by atomic mass is 32.1. The maximum atomic E-state index is 5.42. The fourth-order valence-corrected chi connectivity index (χ4v) is 2.94. The second-order valence-corrected chi connectivity index (χ2v) is 5.73. The Bertz CT molecular complexity index is 901. The minimum atomic E-state index is 0.515. The van der Waals surface area contributed by atoms with Crippen LogP contribution in [0.4, 0.5) is 0 Å². The molecule has 2 heterocycles. The lowest BCUT2D eigenvalue weighted by Crippen LogP contribution is -2.22. The maximum Gasteiger partial charge on any atom is 0.380 e. The van der Waals surface area contributed by atoms with Crippen LogP contribution in [-0.4, -0.2) is 33.6 Å². The molecule has 0 radical (unpaired) electrons. The van der Waals surface area contributed by atoms with Crippen molar-refractivity contribution in [2.45, 2.75) is 0 Å². The molecule has 0 amide bonds. The molecule has 0 aliphatic carbocycles. The summed E-state index contributed by atoms with van der Waals surface area (Å²) in [5, 5.41) is 4.15. The summed E-state index contributed by atoms with van der Waals surface area (Å²) < 4.78 is 28.2. The summed E-state index contributed by atoms with van der Waals surface area (Å²) in [5.74, 6) is 2.20. The molecule has 3 aromatic rings. The van der Waals surface area contributed by atoms with Gasteiger partial charge in [-0.15, -0.1) is 0 Å². The van der Waals surface area contributed by atoms with Crippen LogP contribution in [0.3, 0.4) is 0 Å². The molecule has 0 saturated heterocycles. The molecule has 0 aliphatic heterocycles. The minimum absolute atomic E-state index is 0.515. The van der Waals surface area contributed by atoms with Gasteiger partial charge in [0.1, 0.15) is 12.0 Å². The third-order valence-corrected chi connectivity index (χ3v) is 4.23. The number of benzene rings is 1. The highest BCUT2D eigenvalue weighted by Crippen LogP contribution is 2.42. The molecule has 26 heavy (non-hydrogen) atoms. The normalized spacial score (nSPS) is 10.5. The standard InChI is InChI=1S/C18H19N2O5S/c1-21-14-7-12(8-15(22-2)18(14)24-4)17-13(10-25-19-17)11-5-6-16(23-3)20(26)9-11/h5-10,26H,1-4H3/q+1. The second kappa shape index (κ2) is 7.57. The van der Waals surface area contributed by atoms with Crippen LogP contribution in [0.2, 0.25) is 0 Å². The Balaban J connectivity index is 2.13. The Kier molecular flexibility index (Phi) is 5.22. The van der Waals surface area contributed by atoms with E-state index in [2.05, 4.69) is 18.0 Å². The zero-order valence-electron chi connectivity index (χ0n) is 14.8. The van der Waals surface area contributed by atoms with Gasteiger partial charge in [-0.05, 0) is 18.2 Å². The second-order valence-electron chi connectivity index (χ2n) is 5.30. The molecule has 0 unspecified atom stereocenters. The van der Waals surface area contributed by atoms with E-state index in [0.717, 1.165) is 16.7 Å². The molecule has 8 heteroatoms. The van der Waals surface area contributed by atoms with E-state index >= 15 is 0 Å². The SMILES string of the molecule is COc1cc(-c2nocc2-c2ccc(OC)[n+](S)c2)cc(OC)c1OC. The molecular formula is C18H19N2O5S+. The lowest BCUT2D eigenvalue weighted by Gasteiger charge is -2.13. The Hall–Kier alpha value is -2.87. The summed E-state index contributed by atoms with van der Waals surface area (Å²) >= 11 is 4.37. The highest BCUT2D eigenvalue weighted by Gasteiger charge is 2.21. The molecule has 7 nitrogen and oxygen atoms in total. The first-order valence-electron chi connectivity index (χ1n) is 7.67. The van der Waals surface area contributed by atoms with Crippen molar-refractivity contribution in [3.8, 4) is 45.5 Å². The molecule has 1 aromatic carbocycles. The van der Waals surface area contributed by atoms with Crippen molar-refractivity contribution in [1.29, 1.82) is 0 Å². The minimum Gasteiger partial charge on any atom is -0.493 e. The van der Waals surface area contributed by atoms with E-state index in [9.17, 15) is 0 Å². The van der Waals surface area contributed by atoms with Crippen LogP contribution in [0, 0.1) is 0 Å².